The summed E-state index contributed by atoms with van der Waals surface area (Å²) in [5, 5.41) is 13.5. The van der Waals surface area contributed by atoms with Crippen molar-refractivity contribution in [3.63, 3.8) is 0 Å². The predicted octanol–water partition coefficient (Wildman–Crippen LogP) is 2.06. The third-order valence-electron chi connectivity index (χ3n) is 4.06. The SMILES string of the molecule is C#CC[N+](C)(C)C1CC(C)(C)N([O])C(C)(C)C1. The standard InChI is InChI=1S/C14H26N2O/c1-8-9-16(6,7)12-10-13(2,3)15(17)14(4,5)11-12/h1,12H,9-11H2,2-7H3/q+1. The number of nitrogens with zero attached hydrogens (tertiary/aromatic N) is 2. The average molecular weight is 238 g/mol. The third-order valence-corrected chi connectivity index (χ3v) is 4.06. The zero-order valence-electron chi connectivity index (χ0n) is 12.1. The molecule has 0 N–H and O–H groups in total. The van der Waals surface area contributed by atoms with E-state index in [2.05, 4.69) is 20.0 Å². The molecule has 1 heterocycles. The largest absolute Gasteiger partial charge is 0.316 e. The molecule has 0 aliphatic carbocycles. The number of piperidine rings is 1. The van der Waals surface area contributed by atoms with Gasteiger partial charge in [-0.2, -0.15) is 0 Å². The van der Waals surface area contributed by atoms with Crippen molar-refractivity contribution in [2.24, 2.45) is 0 Å². The van der Waals surface area contributed by atoms with E-state index in [-0.39, 0.29) is 11.1 Å². The Kier molecular flexibility index (Phi) is 3.65. The zero-order chi connectivity index (χ0) is 13.5. The Labute approximate surface area is 106 Å². The highest BCUT2D eigenvalue weighted by Crippen LogP contribution is 2.40. The van der Waals surface area contributed by atoms with Gasteiger partial charge in [0.1, 0.15) is 6.54 Å². The van der Waals surface area contributed by atoms with Crippen LogP contribution in [0, 0.1) is 12.3 Å². The van der Waals surface area contributed by atoms with Gasteiger partial charge < -0.3 is 4.48 Å². The summed E-state index contributed by atoms with van der Waals surface area (Å²) in [4.78, 5) is 0. The normalized spacial score (nSPS) is 25.5. The lowest BCUT2D eigenvalue weighted by Gasteiger charge is -2.53. The summed E-state index contributed by atoms with van der Waals surface area (Å²) in [6.07, 6.45) is 7.24. The summed E-state index contributed by atoms with van der Waals surface area (Å²) in [7, 11) is 4.33. The Hall–Kier alpha value is -0.560. The molecule has 3 nitrogen and oxygen atoms in total. The van der Waals surface area contributed by atoms with Crippen LogP contribution in [-0.4, -0.2) is 47.3 Å². The molecule has 1 aliphatic heterocycles. The number of hydroxylamine groups is 2. The van der Waals surface area contributed by atoms with Crippen molar-refractivity contribution in [1.29, 1.82) is 0 Å². The predicted molar refractivity (Wildman–Crippen MR) is 69.5 cm³/mol. The van der Waals surface area contributed by atoms with E-state index in [0.29, 0.717) is 6.04 Å². The molecule has 17 heavy (non-hydrogen) atoms. The van der Waals surface area contributed by atoms with E-state index in [1.54, 1.807) is 0 Å². The fraction of sp³-hybridized carbons (Fsp3) is 0.857. The molecule has 0 amide bonds. The van der Waals surface area contributed by atoms with Gasteiger partial charge in [0.05, 0.1) is 20.1 Å². The summed E-state index contributed by atoms with van der Waals surface area (Å²) in [6.45, 7) is 8.84. The van der Waals surface area contributed by atoms with Gasteiger partial charge in [-0.15, -0.1) is 16.7 Å². The van der Waals surface area contributed by atoms with E-state index < -0.39 is 0 Å². The first kappa shape index (κ1) is 14.5. The van der Waals surface area contributed by atoms with Crippen LogP contribution in [0.4, 0.5) is 0 Å². The molecule has 1 fully saturated rings. The monoisotopic (exact) mass is 238 g/mol. The van der Waals surface area contributed by atoms with E-state index in [4.69, 9.17) is 6.42 Å². The third kappa shape index (κ3) is 2.82. The van der Waals surface area contributed by atoms with Crippen molar-refractivity contribution in [2.45, 2.75) is 57.7 Å². The van der Waals surface area contributed by atoms with Crippen molar-refractivity contribution in [1.82, 2.24) is 5.06 Å². The molecule has 1 radical (unpaired) electrons. The topological polar surface area (TPSA) is 23.1 Å². The number of rotatable bonds is 2. The van der Waals surface area contributed by atoms with Crippen molar-refractivity contribution < 1.29 is 9.69 Å². The molecule has 0 aromatic rings. The first-order valence-corrected chi connectivity index (χ1v) is 6.26. The average Bonchev–Trinajstić information content (AvgIpc) is 2.13. The van der Waals surface area contributed by atoms with Crippen LogP contribution in [0.1, 0.15) is 40.5 Å². The minimum atomic E-state index is -0.309. The van der Waals surface area contributed by atoms with Gasteiger partial charge in [0.2, 0.25) is 0 Å². The van der Waals surface area contributed by atoms with Crippen molar-refractivity contribution in [3.8, 4) is 12.3 Å². The molecule has 1 saturated heterocycles. The molecular formula is C14H26N2O+. The maximum absolute atomic E-state index is 12.3. The zero-order valence-corrected chi connectivity index (χ0v) is 12.1. The van der Waals surface area contributed by atoms with Gasteiger partial charge in [0.25, 0.3) is 0 Å². The quantitative estimate of drug-likeness (QED) is 0.533. The lowest BCUT2D eigenvalue weighted by molar-refractivity contribution is -0.911. The van der Waals surface area contributed by atoms with E-state index in [1.165, 1.54) is 5.06 Å². The second-order valence-electron chi connectivity index (χ2n) is 7.12. The molecular weight excluding hydrogens is 212 g/mol. The number of terminal acetylenes is 1. The van der Waals surface area contributed by atoms with Crippen LogP contribution in [0.2, 0.25) is 0 Å². The fourth-order valence-electron chi connectivity index (χ4n) is 3.07. The van der Waals surface area contributed by atoms with Gasteiger partial charge in [-0.1, -0.05) is 0 Å². The lowest BCUT2D eigenvalue weighted by atomic mass is 9.77. The van der Waals surface area contributed by atoms with E-state index in [1.807, 2.05) is 27.7 Å². The minimum Gasteiger partial charge on any atom is -0.316 e. The molecule has 0 unspecified atom stereocenters. The van der Waals surface area contributed by atoms with E-state index in [9.17, 15) is 5.21 Å². The highest BCUT2D eigenvalue weighted by atomic mass is 16.5. The lowest BCUT2D eigenvalue weighted by Crippen LogP contribution is -2.65. The molecule has 0 aromatic heterocycles. The van der Waals surface area contributed by atoms with Crippen LogP contribution >= 0.6 is 0 Å². The molecule has 0 spiro atoms. The minimum absolute atomic E-state index is 0.309. The number of hydrogen-bond acceptors (Lipinski definition) is 1. The molecule has 97 valence electrons. The van der Waals surface area contributed by atoms with Crippen LogP contribution < -0.4 is 0 Å². The van der Waals surface area contributed by atoms with Gasteiger partial charge in [-0.05, 0) is 33.6 Å². The van der Waals surface area contributed by atoms with Crippen LogP contribution in [-0.2, 0) is 5.21 Å². The molecule has 0 aromatic carbocycles. The Balaban J connectivity index is 2.97. The van der Waals surface area contributed by atoms with E-state index >= 15 is 0 Å². The van der Waals surface area contributed by atoms with Crippen LogP contribution in [0.5, 0.6) is 0 Å². The summed E-state index contributed by atoms with van der Waals surface area (Å²) < 4.78 is 0.803. The van der Waals surface area contributed by atoms with Crippen LogP contribution in [0.15, 0.2) is 0 Å². The number of quaternary nitrogens is 1. The van der Waals surface area contributed by atoms with Crippen LogP contribution in [0.25, 0.3) is 0 Å². The molecule has 0 saturated carbocycles. The van der Waals surface area contributed by atoms with Gasteiger partial charge in [0, 0.05) is 23.9 Å². The molecule has 0 atom stereocenters. The Morgan fingerprint density at radius 1 is 1.24 bits per heavy atom. The highest BCUT2D eigenvalue weighted by Gasteiger charge is 2.50. The van der Waals surface area contributed by atoms with Crippen molar-refractivity contribution >= 4 is 0 Å². The van der Waals surface area contributed by atoms with Crippen molar-refractivity contribution in [3.05, 3.63) is 0 Å². The maximum Gasteiger partial charge on any atom is 0.140 e. The number of hydrogen-bond donors (Lipinski definition) is 0. The van der Waals surface area contributed by atoms with Gasteiger partial charge in [-0.3, -0.25) is 0 Å². The fourth-order valence-corrected chi connectivity index (χ4v) is 3.07. The van der Waals surface area contributed by atoms with Crippen molar-refractivity contribution in [2.75, 3.05) is 20.6 Å². The molecule has 0 bridgehead atoms. The van der Waals surface area contributed by atoms with Gasteiger partial charge in [0.15, 0.2) is 0 Å². The van der Waals surface area contributed by atoms with Crippen LogP contribution in [0.3, 0.4) is 0 Å². The Morgan fingerprint density at radius 2 is 1.65 bits per heavy atom. The van der Waals surface area contributed by atoms with E-state index in [0.717, 1.165) is 23.9 Å². The highest BCUT2D eigenvalue weighted by molar-refractivity contribution is 4.97. The second kappa shape index (κ2) is 4.28. The van der Waals surface area contributed by atoms with Gasteiger partial charge >= 0.3 is 0 Å². The molecule has 3 heteroatoms. The Morgan fingerprint density at radius 3 is 2.00 bits per heavy atom. The first-order chi connectivity index (χ1) is 7.53. The molecule has 1 aliphatic rings. The van der Waals surface area contributed by atoms with Gasteiger partial charge in [-0.25, -0.2) is 0 Å². The summed E-state index contributed by atoms with van der Waals surface area (Å²) in [5.41, 5.74) is -0.618. The summed E-state index contributed by atoms with van der Waals surface area (Å²) in [5.74, 6) is 2.75. The maximum atomic E-state index is 12.3. The molecule has 1 rings (SSSR count). The summed E-state index contributed by atoms with van der Waals surface area (Å²) >= 11 is 0. The summed E-state index contributed by atoms with van der Waals surface area (Å²) in [6, 6.07) is 0.446. The smallest absolute Gasteiger partial charge is 0.140 e. The first-order valence-electron chi connectivity index (χ1n) is 6.26. The second-order valence-corrected chi connectivity index (χ2v) is 7.12. The Bertz CT molecular complexity index is 308.